The summed E-state index contributed by atoms with van der Waals surface area (Å²) in [6, 6.07) is 0. The highest BCUT2D eigenvalue weighted by Gasteiger charge is 2.26. The van der Waals surface area contributed by atoms with Gasteiger partial charge in [-0.3, -0.25) is 4.79 Å². The summed E-state index contributed by atoms with van der Waals surface area (Å²) in [5, 5.41) is 3.38. The molecule has 2 atom stereocenters. The van der Waals surface area contributed by atoms with E-state index < -0.39 is 0 Å². The molecule has 0 aliphatic carbocycles. The normalized spacial score (nSPS) is 29.3. The van der Waals surface area contributed by atoms with Crippen LogP contribution in [0.15, 0.2) is 0 Å². The van der Waals surface area contributed by atoms with Crippen molar-refractivity contribution < 1.29 is 9.53 Å². The van der Waals surface area contributed by atoms with Crippen LogP contribution in [-0.4, -0.2) is 49.7 Å². The number of likely N-dealkylation sites (tertiary alicyclic amines) is 1. The molecule has 4 heteroatoms. The number of nitrogens with zero attached hydrogens (tertiary/aromatic N) is 1. The van der Waals surface area contributed by atoms with E-state index in [9.17, 15) is 4.79 Å². The van der Waals surface area contributed by atoms with E-state index in [0.29, 0.717) is 18.2 Å². The SMILES string of the molecule is CCOC1CCCN(C(=O)CC2CCCNC2)C1. The molecular weight excluding hydrogens is 228 g/mol. The Morgan fingerprint density at radius 3 is 3.00 bits per heavy atom. The van der Waals surface area contributed by atoms with Crippen molar-refractivity contribution in [3.8, 4) is 0 Å². The Kier molecular flexibility index (Phi) is 5.45. The minimum absolute atomic E-state index is 0.261. The van der Waals surface area contributed by atoms with Crippen molar-refractivity contribution in [2.45, 2.75) is 45.1 Å². The van der Waals surface area contributed by atoms with E-state index in [2.05, 4.69) is 5.32 Å². The summed E-state index contributed by atoms with van der Waals surface area (Å²) < 4.78 is 5.65. The van der Waals surface area contributed by atoms with Crippen LogP contribution in [0.4, 0.5) is 0 Å². The Balaban J connectivity index is 1.76. The third-order valence-corrected chi connectivity index (χ3v) is 4.00. The molecule has 0 bridgehead atoms. The Hall–Kier alpha value is -0.610. The Morgan fingerprint density at radius 2 is 2.28 bits per heavy atom. The van der Waals surface area contributed by atoms with Gasteiger partial charge < -0.3 is 15.0 Å². The number of rotatable bonds is 4. The zero-order valence-corrected chi connectivity index (χ0v) is 11.5. The number of carbonyl (C=O) groups excluding carboxylic acids is 1. The molecule has 18 heavy (non-hydrogen) atoms. The number of ether oxygens (including phenoxy) is 1. The van der Waals surface area contributed by atoms with Crippen molar-refractivity contribution in [1.82, 2.24) is 10.2 Å². The molecule has 0 radical (unpaired) electrons. The standard InChI is InChI=1S/C14H26N2O2/c1-2-18-13-6-4-8-16(11-13)14(17)9-12-5-3-7-15-10-12/h12-13,15H,2-11H2,1H3. The summed E-state index contributed by atoms with van der Waals surface area (Å²) in [6.45, 7) is 6.61. The summed E-state index contributed by atoms with van der Waals surface area (Å²) in [4.78, 5) is 14.3. The number of nitrogens with one attached hydrogen (secondary N) is 1. The van der Waals surface area contributed by atoms with Crippen molar-refractivity contribution in [3.05, 3.63) is 0 Å². The summed E-state index contributed by atoms with van der Waals surface area (Å²) >= 11 is 0. The predicted molar refractivity (Wildman–Crippen MR) is 71.4 cm³/mol. The van der Waals surface area contributed by atoms with Gasteiger partial charge in [-0.1, -0.05) is 0 Å². The maximum absolute atomic E-state index is 12.3. The quantitative estimate of drug-likeness (QED) is 0.824. The second-order valence-corrected chi connectivity index (χ2v) is 5.48. The van der Waals surface area contributed by atoms with Crippen LogP contribution in [0.3, 0.4) is 0 Å². The molecule has 2 aliphatic rings. The lowest BCUT2D eigenvalue weighted by molar-refractivity contribution is -0.136. The fourth-order valence-corrected chi connectivity index (χ4v) is 3.01. The van der Waals surface area contributed by atoms with Gasteiger partial charge in [-0.2, -0.15) is 0 Å². The zero-order valence-electron chi connectivity index (χ0n) is 11.5. The molecule has 2 unspecified atom stereocenters. The molecule has 1 N–H and O–H groups in total. The van der Waals surface area contributed by atoms with E-state index in [-0.39, 0.29) is 6.10 Å². The summed E-state index contributed by atoms with van der Waals surface area (Å²) in [6.07, 6.45) is 5.56. The van der Waals surface area contributed by atoms with Gasteiger partial charge in [0.25, 0.3) is 0 Å². The van der Waals surface area contributed by atoms with E-state index in [4.69, 9.17) is 4.74 Å². The van der Waals surface area contributed by atoms with Crippen LogP contribution in [0.1, 0.15) is 39.0 Å². The third-order valence-electron chi connectivity index (χ3n) is 4.00. The molecule has 0 aromatic carbocycles. The van der Waals surface area contributed by atoms with Gasteiger partial charge in [0.2, 0.25) is 5.91 Å². The fraction of sp³-hybridized carbons (Fsp3) is 0.929. The number of piperidine rings is 2. The lowest BCUT2D eigenvalue weighted by atomic mass is 9.95. The van der Waals surface area contributed by atoms with Crippen molar-refractivity contribution in [3.63, 3.8) is 0 Å². The average molecular weight is 254 g/mol. The predicted octanol–water partition coefficient (Wildman–Crippen LogP) is 1.40. The molecule has 2 saturated heterocycles. The van der Waals surface area contributed by atoms with Crippen LogP contribution in [0.2, 0.25) is 0 Å². The van der Waals surface area contributed by atoms with Crippen LogP contribution < -0.4 is 5.32 Å². The van der Waals surface area contributed by atoms with Gasteiger partial charge >= 0.3 is 0 Å². The van der Waals surface area contributed by atoms with Crippen LogP contribution in [-0.2, 0) is 9.53 Å². The largest absolute Gasteiger partial charge is 0.377 e. The molecule has 2 heterocycles. The van der Waals surface area contributed by atoms with Crippen molar-refractivity contribution >= 4 is 5.91 Å². The molecule has 0 aromatic rings. The molecule has 2 rings (SSSR count). The molecule has 0 spiro atoms. The number of hydrogen-bond donors (Lipinski definition) is 1. The van der Waals surface area contributed by atoms with Crippen LogP contribution in [0.5, 0.6) is 0 Å². The van der Waals surface area contributed by atoms with E-state index in [1.807, 2.05) is 11.8 Å². The van der Waals surface area contributed by atoms with E-state index in [0.717, 1.165) is 45.6 Å². The number of hydrogen-bond acceptors (Lipinski definition) is 3. The van der Waals surface area contributed by atoms with Crippen LogP contribution in [0.25, 0.3) is 0 Å². The van der Waals surface area contributed by atoms with Crippen LogP contribution in [0, 0.1) is 5.92 Å². The molecule has 0 aromatic heterocycles. The first-order valence-corrected chi connectivity index (χ1v) is 7.39. The molecule has 2 aliphatic heterocycles. The van der Waals surface area contributed by atoms with Gasteiger partial charge in [-0.05, 0) is 51.6 Å². The third kappa shape index (κ3) is 3.95. The second kappa shape index (κ2) is 7.10. The first-order valence-electron chi connectivity index (χ1n) is 7.39. The molecule has 4 nitrogen and oxygen atoms in total. The first-order chi connectivity index (χ1) is 8.79. The Labute approximate surface area is 110 Å². The smallest absolute Gasteiger partial charge is 0.222 e. The number of amides is 1. The monoisotopic (exact) mass is 254 g/mol. The first kappa shape index (κ1) is 13.8. The maximum Gasteiger partial charge on any atom is 0.222 e. The summed E-state index contributed by atoms with van der Waals surface area (Å²) in [5.41, 5.74) is 0. The highest BCUT2D eigenvalue weighted by Crippen LogP contribution is 2.19. The van der Waals surface area contributed by atoms with Gasteiger partial charge in [-0.25, -0.2) is 0 Å². The summed E-state index contributed by atoms with van der Waals surface area (Å²) in [7, 11) is 0. The van der Waals surface area contributed by atoms with Gasteiger partial charge in [0.1, 0.15) is 0 Å². The van der Waals surface area contributed by atoms with Gasteiger partial charge in [0.05, 0.1) is 6.10 Å². The minimum atomic E-state index is 0.261. The van der Waals surface area contributed by atoms with Crippen molar-refractivity contribution in [2.24, 2.45) is 5.92 Å². The Morgan fingerprint density at radius 1 is 1.39 bits per heavy atom. The second-order valence-electron chi connectivity index (χ2n) is 5.48. The molecule has 104 valence electrons. The van der Waals surface area contributed by atoms with Crippen molar-refractivity contribution in [1.29, 1.82) is 0 Å². The van der Waals surface area contributed by atoms with E-state index >= 15 is 0 Å². The average Bonchev–Trinajstić information content (AvgIpc) is 2.40. The fourth-order valence-electron chi connectivity index (χ4n) is 3.01. The lowest BCUT2D eigenvalue weighted by Crippen LogP contribution is -2.44. The highest BCUT2D eigenvalue weighted by molar-refractivity contribution is 5.76. The van der Waals surface area contributed by atoms with Gasteiger partial charge in [0.15, 0.2) is 0 Å². The molecular formula is C14H26N2O2. The van der Waals surface area contributed by atoms with Gasteiger partial charge in [0, 0.05) is 26.1 Å². The van der Waals surface area contributed by atoms with Crippen LogP contribution >= 0.6 is 0 Å². The van der Waals surface area contributed by atoms with E-state index in [1.165, 1.54) is 12.8 Å². The minimum Gasteiger partial charge on any atom is -0.377 e. The molecule has 1 amide bonds. The highest BCUT2D eigenvalue weighted by atomic mass is 16.5. The topological polar surface area (TPSA) is 41.6 Å². The molecule has 2 fully saturated rings. The summed E-state index contributed by atoms with van der Waals surface area (Å²) in [5.74, 6) is 0.867. The number of carbonyl (C=O) groups is 1. The maximum atomic E-state index is 12.3. The van der Waals surface area contributed by atoms with Crippen molar-refractivity contribution in [2.75, 3.05) is 32.8 Å². The van der Waals surface area contributed by atoms with Gasteiger partial charge in [-0.15, -0.1) is 0 Å². The lowest BCUT2D eigenvalue weighted by Gasteiger charge is -2.34. The van der Waals surface area contributed by atoms with E-state index in [1.54, 1.807) is 0 Å². The zero-order chi connectivity index (χ0) is 12.8. The Bertz CT molecular complexity index is 263. The molecule has 0 saturated carbocycles.